The van der Waals surface area contributed by atoms with Crippen LogP contribution in [0.15, 0.2) is 79.1 Å². The lowest BCUT2D eigenvalue weighted by Gasteiger charge is -2.19. The van der Waals surface area contributed by atoms with Crippen LogP contribution in [0.4, 0.5) is 5.69 Å². The summed E-state index contributed by atoms with van der Waals surface area (Å²) in [7, 11) is 1.94. The van der Waals surface area contributed by atoms with Gasteiger partial charge in [0.15, 0.2) is 0 Å². The van der Waals surface area contributed by atoms with E-state index in [1.807, 2.05) is 49.5 Å². The number of rotatable bonds is 9. The second-order valence-electron chi connectivity index (χ2n) is 6.50. The topological polar surface area (TPSA) is 63.2 Å². The highest BCUT2D eigenvalue weighted by molar-refractivity contribution is 6.04. The summed E-state index contributed by atoms with van der Waals surface area (Å²) in [4.78, 5) is 16.3. The molecule has 0 saturated heterocycles. The summed E-state index contributed by atoms with van der Waals surface area (Å²) < 4.78 is 6.20. The number of amides is 1. The Hall–Kier alpha value is -3.02. The molecule has 1 aromatic heterocycles. The van der Waals surface area contributed by atoms with Crippen LogP contribution < -0.4 is 10.6 Å². The summed E-state index contributed by atoms with van der Waals surface area (Å²) >= 11 is 0. The number of aromatic nitrogens is 1. The smallest absolute Gasteiger partial charge is 0.257 e. The van der Waals surface area contributed by atoms with Gasteiger partial charge in [-0.05, 0) is 55.4 Å². The van der Waals surface area contributed by atoms with Crippen molar-refractivity contribution < 1.29 is 9.53 Å². The van der Waals surface area contributed by atoms with Gasteiger partial charge in [0.25, 0.3) is 5.91 Å². The molecule has 5 heteroatoms. The van der Waals surface area contributed by atoms with E-state index >= 15 is 0 Å². The van der Waals surface area contributed by atoms with Crippen LogP contribution in [0.1, 0.15) is 34.0 Å². The number of anilines is 1. The van der Waals surface area contributed by atoms with E-state index < -0.39 is 0 Å². The number of hydrogen-bond acceptors (Lipinski definition) is 4. The second-order valence-corrected chi connectivity index (χ2v) is 6.50. The zero-order valence-corrected chi connectivity index (χ0v) is 16.0. The van der Waals surface area contributed by atoms with Gasteiger partial charge in [-0.25, -0.2) is 0 Å². The highest BCUT2D eigenvalue weighted by Gasteiger charge is 2.12. The maximum Gasteiger partial charge on any atom is 0.257 e. The lowest BCUT2D eigenvalue weighted by atomic mass is 10.1. The fraction of sp³-hybridized carbons (Fsp3) is 0.217. The molecule has 0 aliphatic rings. The highest BCUT2D eigenvalue weighted by Crippen LogP contribution is 2.23. The van der Waals surface area contributed by atoms with E-state index in [-0.39, 0.29) is 12.0 Å². The monoisotopic (exact) mass is 375 g/mol. The summed E-state index contributed by atoms with van der Waals surface area (Å²) in [5, 5.41) is 6.09. The first-order valence-electron chi connectivity index (χ1n) is 9.37. The minimum absolute atomic E-state index is 0.0160. The van der Waals surface area contributed by atoms with Gasteiger partial charge in [-0.2, -0.15) is 0 Å². The first kappa shape index (κ1) is 19.7. The van der Waals surface area contributed by atoms with Crippen LogP contribution in [-0.2, 0) is 11.3 Å². The minimum Gasteiger partial charge on any atom is -0.369 e. The van der Waals surface area contributed by atoms with Crippen molar-refractivity contribution >= 4 is 11.6 Å². The fourth-order valence-electron chi connectivity index (χ4n) is 2.93. The Morgan fingerprint density at radius 2 is 1.93 bits per heavy atom. The van der Waals surface area contributed by atoms with Crippen LogP contribution in [0.5, 0.6) is 0 Å². The first-order chi connectivity index (χ1) is 13.8. The van der Waals surface area contributed by atoms with E-state index in [2.05, 4.69) is 27.8 Å². The molecule has 1 amide bonds. The molecule has 3 aromatic rings. The molecule has 0 bridgehead atoms. The van der Waals surface area contributed by atoms with Gasteiger partial charge < -0.3 is 15.4 Å². The van der Waals surface area contributed by atoms with Crippen molar-refractivity contribution in [1.82, 2.24) is 10.3 Å². The molecule has 0 saturated carbocycles. The van der Waals surface area contributed by atoms with Crippen LogP contribution >= 0.6 is 0 Å². The number of carbonyl (C=O) groups is 1. The summed E-state index contributed by atoms with van der Waals surface area (Å²) in [5.41, 5.74) is 3.44. The molecule has 0 aliphatic heterocycles. The van der Waals surface area contributed by atoms with E-state index in [9.17, 15) is 4.79 Å². The van der Waals surface area contributed by atoms with E-state index in [0.717, 1.165) is 24.2 Å². The Kier molecular flexibility index (Phi) is 7.29. The van der Waals surface area contributed by atoms with E-state index in [1.165, 1.54) is 5.56 Å². The van der Waals surface area contributed by atoms with Gasteiger partial charge in [0.1, 0.15) is 0 Å². The van der Waals surface area contributed by atoms with E-state index in [1.54, 1.807) is 24.5 Å². The summed E-state index contributed by atoms with van der Waals surface area (Å²) in [6.07, 6.45) is 4.10. The maximum absolute atomic E-state index is 12.3. The number of pyridine rings is 1. The Morgan fingerprint density at radius 3 is 2.68 bits per heavy atom. The third-order valence-electron chi connectivity index (χ3n) is 4.39. The molecule has 0 fully saturated rings. The number of ether oxygens (including phenoxy) is 1. The molecule has 0 spiro atoms. The standard InChI is InChI=1S/C23H25N3O2/c1-24-14-12-22(19-8-3-2-4-9-19)28-17-18-7-5-11-21(15-18)26-23(27)20-10-6-13-25-16-20/h2-11,13,15-16,22,24H,12,14,17H2,1H3,(H,26,27). The number of hydrogen-bond donors (Lipinski definition) is 2. The number of benzene rings is 2. The Morgan fingerprint density at radius 1 is 1.07 bits per heavy atom. The SMILES string of the molecule is CNCCC(OCc1cccc(NC(=O)c2cccnc2)c1)c1ccccc1. The van der Waals surface area contributed by atoms with Crippen molar-refractivity contribution in [3.05, 3.63) is 95.8 Å². The largest absolute Gasteiger partial charge is 0.369 e. The van der Waals surface area contributed by atoms with Gasteiger partial charge in [-0.15, -0.1) is 0 Å². The van der Waals surface area contributed by atoms with Gasteiger partial charge in [0.2, 0.25) is 0 Å². The van der Waals surface area contributed by atoms with Crippen LogP contribution in [0.25, 0.3) is 0 Å². The molecule has 2 aromatic carbocycles. The first-order valence-corrected chi connectivity index (χ1v) is 9.37. The number of nitrogens with one attached hydrogen (secondary N) is 2. The highest BCUT2D eigenvalue weighted by atomic mass is 16.5. The van der Waals surface area contributed by atoms with Gasteiger partial charge in [-0.1, -0.05) is 42.5 Å². The summed E-state index contributed by atoms with van der Waals surface area (Å²) in [5.74, 6) is -0.178. The van der Waals surface area contributed by atoms with E-state index in [0.29, 0.717) is 12.2 Å². The Bertz CT molecular complexity index is 869. The van der Waals surface area contributed by atoms with Crippen LogP contribution in [0.3, 0.4) is 0 Å². The summed E-state index contributed by atoms with van der Waals surface area (Å²) in [6.45, 7) is 1.35. The lowest BCUT2D eigenvalue weighted by Crippen LogP contribution is -2.14. The van der Waals surface area contributed by atoms with Gasteiger partial charge in [-0.3, -0.25) is 9.78 Å². The van der Waals surface area contributed by atoms with Gasteiger partial charge in [0.05, 0.1) is 18.3 Å². The molecular weight excluding hydrogens is 350 g/mol. The second kappa shape index (κ2) is 10.3. The van der Waals surface area contributed by atoms with Crippen molar-refractivity contribution in [3.8, 4) is 0 Å². The van der Waals surface area contributed by atoms with Gasteiger partial charge >= 0.3 is 0 Å². The Balaban J connectivity index is 1.63. The maximum atomic E-state index is 12.3. The molecule has 5 nitrogen and oxygen atoms in total. The molecule has 28 heavy (non-hydrogen) atoms. The minimum atomic E-state index is -0.178. The van der Waals surface area contributed by atoms with Gasteiger partial charge in [0, 0.05) is 18.1 Å². The molecule has 1 unspecified atom stereocenters. The quantitative estimate of drug-likeness (QED) is 0.588. The predicted molar refractivity (Wildman–Crippen MR) is 111 cm³/mol. The van der Waals surface area contributed by atoms with Crippen LogP contribution in [-0.4, -0.2) is 24.5 Å². The molecule has 1 atom stereocenters. The molecular formula is C23H25N3O2. The van der Waals surface area contributed by atoms with E-state index in [4.69, 9.17) is 4.74 Å². The van der Waals surface area contributed by atoms with Crippen molar-refractivity contribution in [3.63, 3.8) is 0 Å². The molecule has 0 aliphatic carbocycles. The summed E-state index contributed by atoms with van der Waals surface area (Å²) in [6, 6.07) is 21.4. The normalized spacial score (nSPS) is 11.8. The third-order valence-corrected chi connectivity index (χ3v) is 4.39. The number of nitrogens with zero attached hydrogens (tertiary/aromatic N) is 1. The zero-order chi connectivity index (χ0) is 19.6. The fourth-order valence-corrected chi connectivity index (χ4v) is 2.93. The van der Waals surface area contributed by atoms with Crippen molar-refractivity contribution in [2.24, 2.45) is 0 Å². The molecule has 1 heterocycles. The van der Waals surface area contributed by atoms with Crippen LogP contribution in [0.2, 0.25) is 0 Å². The average Bonchev–Trinajstić information content (AvgIpc) is 2.75. The third kappa shape index (κ3) is 5.74. The lowest BCUT2D eigenvalue weighted by molar-refractivity contribution is 0.0344. The molecule has 3 rings (SSSR count). The molecule has 144 valence electrons. The zero-order valence-electron chi connectivity index (χ0n) is 16.0. The Labute approximate surface area is 165 Å². The van der Waals surface area contributed by atoms with Crippen molar-refractivity contribution in [2.45, 2.75) is 19.1 Å². The molecule has 0 radical (unpaired) electrons. The molecule has 2 N–H and O–H groups in total. The average molecular weight is 375 g/mol. The van der Waals surface area contributed by atoms with Crippen LogP contribution in [0, 0.1) is 0 Å². The number of carbonyl (C=O) groups excluding carboxylic acids is 1. The van der Waals surface area contributed by atoms with Crippen molar-refractivity contribution in [2.75, 3.05) is 18.9 Å². The predicted octanol–water partition coefficient (Wildman–Crippen LogP) is 4.20. The van der Waals surface area contributed by atoms with Crippen molar-refractivity contribution in [1.29, 1.82) is 0 Å².